The van der Waals surface area contributed by atoms with E-state index in [9.17, 15) is 4.79 Å². The van der Waals surface area contributed by atoms with Crippen LogP contribution in [0, 0.1) is 0 Å². The van der Waals surface area contributed by atoms with Crippen LogP contribution in [-0.2, 0) is 4.79 Å². The van der Waals surface area contributed by atoms with Gasteiger partial charge in [-0.15, -0.1) is 0 Å². The van der Waals surface area contributed by atoms with Crippen LogP contribution in [0.3, 0.4) is 0 Å². The molecule has 1 amide bonds. The second kappa shape index (κ2) is 7.16. The van der Waals surface area contributed by atoms with Crippen molar-refractivity contribution in [1.82, 2.24) is 0 Å². The molecule has 6 nitrogen and oxygen atoms in total. The maximum absolute atomic E-state index is 10.9. The number of nitrogens with two attached hydrogens (primary N) is 1. The van der Waals surface area contributed by atoms with Crippen molar-refractivity contribution in [3.63, 3.8) is 0 Å². The van der Waals surface area contributed by atoms with E-state index < -0.39 is 0 Å². The van der Waals surface area contributed by atoms with Crippen LogP contribution in [0.1, 0.15) is 19.8 Å². The molecule has 0 bridgehead atoms. The number of anilines is 2. The molecule has 0 aliphatic rings. The summed E-state index contributed by atoms with van der Waals surface area (Å²) in [5, 5.41) is 17.2. The lowest BCUT2D eigenvalue weighted by Crippen LogP contribution is -2.13. The largest absolute Gasteiger partial charge is 0.409 e. The van der Waals surface area contributed by atoms with E-state index in [4.69, 9.17) is 10.9 Å². The number of carbonyl (C=O) groups is 1. The lowest BCUT2D eigenvalue weighted by molar-refractivity contribution is -0.114. The first-order valence-electron chi connectivity index (χ1n) is 5.69. The van der Waals surface area contributed by atoms with Gasteiger partial charge in [0.1, 0.15) is 5.84 Å². The lowest BCUT2D eigenvalue weighted by atomic mass is 10.2. The number of rotatable bonds is 6. The highest BCUT2D eigenvalue weighted by molar-refractivity contribution is 5.89. The summed E-state index contributed by atoms with van der Waals surface area (Å²) in [5.41, 5.74) is 7.03. The first kappa shape index (κ1) is 13.8. The minimum atomic E-state index is -0.0981. The van der Waals surface area contributed by atoms with Gasteiger partial charge in [-0.2, -0.15) is 0 Å². The molecule has 6 heteroatoms. The van der Waals surface area contributed by atoms with Crippen LogP contribution in [0.4, 0.5) is 11.4 Å². The van der Waals surface area contributed by atoms with Crippen LogP contribution in [0.15, 0.2) is 29.4 Å². The number of oxime groups is 1. The van der Waals surface area contributed by atoms with Crippen LogP contribution >= 0.6 is 0 Å². The van der Waals surface area contributed by atoms with Gasteiger partial charge in [-0.3, -0.25) is 4.79 Å². The fraction of sp³-hybridized carbons (Fsp3) is 0.333. The highest BCUT2D eigenvalue weighted by Crippen LogP contribution is 2.14. The van der Waals surface area contributed by atoms with Crippen LogP contribution in [-0.4, -0.2) is 23.5 Å². The molecule has 1 aromatic carbocycles. The van der Waals surface area contributed by atoms with Crippen molar-refractivity contribution in [2.24, 2.45) is 10.9 Å². The van der Waals surface area contributed by atoms with Gasteiger partial charge in [-0.1, -0.05) is 11.2 Å². The molecule has 0 fully saturated rings. The standard InChI is InChI=1S/C12H18N4O2/c1-9(17)15-11-5-2-4-10(8-11)14-7-3-6-12(13)16-18/h2,4-5,8,14,18H,3,6-7H2,1H3,(H2,13,16)(H,15,17). The van der Waals surface area contributed by atoms with Crippen molar-refractivity contribution < 1.29 is 10.0 Å². The molecule has 0 atom stereocenters. The lowest BCUT2D eigenvalue weighted by Gasteiger charge is -2.08. The van der Waals surface area contributed by atoms with Gasteiger partial charge in [0, 0.05) is 31.3 Å². The maximum Gasteiger partial charge on any atom is 0.221 e. The molecule has 0 radical (unpaired) electrons. The fourth-order valence-electron chi connectivity index (χ4n) is 1.46. The third kappa shape index (κ3) is 5.20. The molecule has 18 heavy (non-hydrogen) atoms. The maximum atomic E-state index is 10.9. The van der Waals surface area contributed by atoms with Crippen molar-refractivity contribution in [3.05, 3.63) is 24.3 Å². The first-order valence-corrected chi connectivity index (χ1v) is 5.69. The highest BCUT2D eigenvalue weighted by atomic mass is 16.4. The molecule has 0 aliphatic carbocycles. The highest BCUT2D eigenvalue weighted by Gasteiger charge is 1.98. The topological polar surface area (TPSA) is 99.7 Å². The Balaban J connectivity index is 2.40. The van der Waals surface area contributed by atoms with Gasteiger partial charge < -0.3 is 21.6 Å². The van der Waals surface area contributed by atoms with Gasteiger partial charge in [0.2, 0.25) is 5.91 Å². The van der Waals surface area contributed by atoms with E-state index in [0.29, 0.717) is 13.0 Å². The molecular weight excluding hydrogens is 232 g/mol. The summed E-state index contributed by atoms with van der Waals surface area (Å²) in [6.07, 6.45) is 1.30. The molecule has 1 aromatic rings. The summed E-state index contributed by atoms with van der Waals surface area (Å²) >= 11 is 0. The van der Waals surface area contributed by atoms with Crippen LogP contribution in [0.25, 0.3) is 0 Å². The average Bonchev–Trinajstić information content (AvgIpc) is 2.34. The predicted molar refractivity (Wildman–Crippen MR) is 71.9 cm³/mol. The molecule has 0 aromatic heterocycles. The minimum Gasteiger partial charge on any atom is -0.409 e. The Hall–Kier alpha value is -2.24. The van der Waals surface area contributed by atoms with E-state index in [1.807, 2.05) is 24.3 Å². The Kier molecular flexibility index (Phi) is 5.50. The molecule has 98 valence electrons. The number of nitrogens with zero attached hydrogens (tertiary/aromatic N) is 1. The summed E-state index contributed by atoms with van der Waals surface area (Å²) in [6, 6.07) is 7.44. The minimum absolute atomic E-state index is 0.0981. The quantitative estimate of drug-likeness (QED) is 0.202. The van der Waals surface area contributed by atoms with E-state index in [2.05, 4.69) is 15.8 Å². The number of amidine groups is 1. The van der Waals surface area contributed by atoms with E-state index in [-0.39, 0.29) is 11.7 Å². The Labute approximate surface area is 106 Å². The normalized spacial score (nSPS) is 11.1. The summed E-state index contributed by atoms with van der Waals surface area (Å²) in [5.74, 6) is 0.128. The van der Waals surface area contributed by atoms with E-state index >= 15 is 0 Å². The van der Waals surface area contributed by atoms with Crippen molar-refractivity contribution in [1.29, 1.82) is 0 Å². The summed E-state index contributed by atoms with van der Waals surface area (Å²) < 4.78 is 0. The monoisotopic (exact) mass is 250 g/mol. The average molecular weight is 250 g/mol. The van der Waals surface area contributed by atoms with E-state index in [0.717, 1.165) is 17.8 Å². The van der Waals surface area contributed by atoms with Crippen molar-refractivity contribution in [3.8, 4) is 0 Å². The van der Waals surface area contributed by atoms with Crippen molar-refractivity contribution >= 4 is 23.1 Å². The number of nitrogens with one attached hydrogen (secondary N) is 2. The van der Waals surface area contributed by atoms with Gasteiger partial charge in [0.25, 0.3) is 0 Å². The summed E-state index contributed by atoms with van der Waals surface area (Å²) in [4.78, 5) is 10.9. The number of hydrogen-bond donors (Lipinski definition) is 4. The van der Waals surface area contributed by atoms with Crippen LogP contribution < -0.4 is 16.4 Å². The van der Waals surface area contributed by atoms with Crippen LogP contribution in [0.5, 0.6) is 0 Å². The number of benzene rings is 1. The molecule has 0 aliphatic heterocycles. The second-order valence-corrected chi connectivity index (χ2v) is 3.88. The van der Waals surface area contributed by atoms with Gasteiger partial charge >= 0.3 is 0 Å². The molecule has 0 saturated heterocycles. The van der Waals surface area contributed by atoms with Crippen molar-refractivity contribution in [2.45, 2.75) is 19.8 Å². The Morgan fingerprint density at radius 2 is 2.17 bits per heavy atom. The van der Waals surface area contributed by atoms with Gasteiger partial charge in [0.05, 0.1) is 0 Å². The first-order chi connectivity index (χ1) is 8.61. The zero-order valence-electron chi connectivity index (χ0n) is 10.3. The van der Waals surface area contributed by atoms with Crippen LogP contribution in [0.2, 0.25) is 0 Å². The molecule has 0 spiro atoms. The third-order valence-electron chi connectivity index (χ3n) is 2.25. The number of carbonyl (C=O) groups excluding carboxylic acids is 1. The fourth-order valence-corrected chi connectivity index (χ4v) is 1.46. The van der Waals surface area contributed by atoms with E-state index in [1.54, 1.807) is 0 Å². The number of amides is 1. The van der Waals surface area contributed by atoms with E-state index in [1.165, 1.54) is 6.92 Å². The Morgan fingerprint density at radius 3 is 2.83 bits per heavy atom. The molecule has 0 unspecified atom stereocenters. The molecule has 5 N–H and O–H groups in total. The van der Waals surface area contributed by atoms with Gasteiger partial charge in [-0.05, 0) is 24.6 Å². The molecular formula is C12H18N4O2. The zero-order chi connectivity index (χ0) is 13.4. The SMILES string of the molecule is CC(=O)Nc1cccc(NCCC/C(N)=N/O)c1. The number of hydrogen-bond acceptors (Lipinski definition) is 4. The molecule has 0 heterocycles. The predicted octanol–water partition coefficient (Wildman–Crippen LogP) is 1.58. The van der Waals surface area contributed by atoms with Gasteiger partial charge in [0.15, 0.2) is 0 Å². The molecule has 0 saturated carbocycles. The second-order valence-electron chi connectivity index (χ2n) is 3.88. The summed E-state index contributed by atoms with van der Waals surface area (Å²) in [7, 11) is 0. The Morgan fingerprint density at radius 1 is 1.44 bits per heavy atom. The van der Waals surface area contributed by atoms with Gasteiger partial charge in [-0.25, -0.2) is 0 Å². The Bertz CT molecular complexity index is 432. The van der Waals surface area contributed by atoms with Crippen molar-refractivity contribution in [2.75, 3.05) is 17.2 Å². The third-order valence-corrected chi connectivity index (χ3v) is 2.25. The smallest absolute Gasteiger partial charge is 0.221 e. The summed E-state index contributed by atoms with van der Waals surface area (Å²) in [6.45, 7) is 2.18. The zero-order valence-corrected chi connectivity index (χ0v) is 10.3. The molecule has 1 rings (SSSR count).